The van der Waals surface area contributed by atoms with E-state index in [0.29, 0.717) is 12.1 Å². The predicted octanol–water partition coefficient (Wildman–Crippen LogP) is 0.391. The van der Waals surface area contributed by atoms with E-state index in [9.17, 15) is 0 Å². The first-order chi connectivity index (χ1) is 7.75. The fraction of sp³-hybridized carbons (Fsp3) is 0.727. The topological polar surface area (TPSA) is 53.2 Å². The SMILES string of the molecule is CC(NCC1CN(C)CCO1)c1ccn[nH]1. The number of aromatic amines is 1. The van der Waals surface area contributed by atoms with Crippen molar-refractivity contribution < 1.29 is 4.74 Å². The number of hydrogen-bond donors (Lipinski definition) is 2. The highest BCUT2D eigenvalue weighted by molar-refractivity contribution is 5.02. The average molecular weight is 224 g/mol. The van der Waals surface area contributed by atoms with Gasteiger partial charge in [0.1, 0.15) is 0 Å². The molecule has 5 heteroatoms. The van der Waals surface area contributed by atoms with Gasteiger partial charge in [-0.2, -0.15) is 5.10 Å². The van der Waals surface area contributed by atoms with Gasteiger partial charge in [0.25, 0.3) is 0 Å². The van der Waals surface area contributed by atoms with E-state index >= 15 is 0 Å². The zero-order valence-corrected chi connectivity index (χ0v) is 9.94. The monoisotopic (exact) mass is 224 g/mol. The van der Waals surface area contributed by atoms with Crippen LogP contribution < -0.4 is 5.32 Å². The van der Waals surface area contributed by atoms with Crippen molar-refractivity contribution in [2.24, 2.45) is 0 Å². The smallest absolute Gasteiger partial charge is 0.0826 e. The minimum atomic E-state index is 0.290. The number of ether oxygens (including phenoxy) is 1. The predicted molar refractivity (Wildman–Crippen MR) is 62.2 cm³/mol. The Kier molecular flexibility index (Phi) is 3.93. The largest absolute Gasteiger partial charge is 0.374 e. The normalized spacial score (nSPS) is 24.5. The zero-order valence-electron chi connectivity index (χ0n) is 9.94. The molecule has 0 saturated carbocycles. The molecule has 2 unspecified atom stereocenters. The molecule has 90 valence electrons. The zero-order chi connectivity index (χ0) is 11.4. The molecule has 2 N–H and O–H groups in total. The van der Waals surface area contributed by atoms with Gasteiger partial charge >= 0.3 is 0 Å². The van der Waals surface area contributed by atoms with Crippen molar-refractivity contribution in [1.82, 2.24) is 20.4 Å². The number of rotatable bonds is 4. The summed E-state index contributed by atoms with van der Waals surface area (Å²) in [4.78, 5) is 2.30. The third kappa shape index (κ3) is 3.04. The molecule has 0 aromatic carbocycles. The van der Waals surface area contributed by atoms with Crippen LogP contribution in [0.2, 0.25) is 0 Å². The van der Waals surface area contributed by atoms with Crippen molar-refractivity contribution in [1.29, 1.82) is 0 Å². The molecule has 2 heterocycles. The highest BCUT2D eigenvalue weighted by Crippen LogP contribution is 2.08. The molecule has 1 saturated heterocycles. The summed E-state index contributed by atoms with van der Waals surface area (Å²) in [6, 6.07) is 2.28. The van der Waals surface area contributed by atoms with Crippen molar-refractivity contribution in [2.45, 2.75) is 19.1 Å². The van der Waals surface area contributed by atoms with Gasteiger partial charge in [0.2, 0.25) is 0 Å². The first-order valence-electron chi connectivity index (χ1n) is 5.78. The first kappa shape index (κ1) is 11.6. The molecule has 2 atom stereocenters. The van der Waals surface area contributed by atoms with Crippen LogP contribution in [0.25, 0.3) is 0 Å². The Morgan fingerprint density at radius 2 is 2.62 bits per heavy atom. The van der Waals surface area contributed by atoms with Gasteiger partial charge in [-0.1, -0.05) is 0 Å². The van der Waals surface area contributed by atoms with Gasteiger partial charge in [-0.15, -0.1) is 0 Å². The number of morpholine rings is 1. The molecule has 2 rings (SSSR count). The van der Waals surface area contributed by atoms with Gasteiger partial charge in [-0.05, 0) is 20.0 Å². The molecule has 5 nitrogen and oxygen atoms in total. The lowest BCUT2D eigenvalue weighted by atomic mass is 10.2. The van der Waals surface area contributed by atoms with Crippen molar-refractivity contribution in [3.63, 3.8) is 0 Å². The summed E-state index contributed by atoms with van der Waals surface area (Å²) in [6.45, 7) is 5.88. The van der Waals surface area contributed by atoms with Crippen molar-refractivity contribution >= 4 is 0 Å². The quantitative estimate of drug-likeness (QED) is 0.777. The lowest BCUT2D eigenvalue weighted by Gasteiger charge is -2.30. The molecule has 0 bridgehead atoms. The Morgan fingerprint density at radius 3 is 3.31 bits per heavy atom. The molecule has 1 aromatic rings. The summed E-state index contributed by atoms with van der Waals surface area (Å²) in [5.74, 6) is 0. The maximum atomic E-state index is 5.69. The lowest BCUT2D eigenvalue weighted by Crippen LogP contribution is -2.45. The van der Waals surface area contributed by atoms with Crippen LogP contribution in [0.15, 0.2) is 12.3 Å². The van der Waals surface area contributed by atoms with Gasteiger partial charge in [0, 0.05) is 31.9 Å². The molecule has 0 amide bonds. The second-order valence-corrected chi connectivity index (χ2v) is 4.40. The molecule has 1 aliphatic heterocycles. The van der Waals surface area contributed by atoms with Crippen LogP contribution >= 0.6 is 0 Å². The summed E-state index contributed by atoms with van der Waals surface area (Å²) in [6.07, 6.45) is 2.07. The van der Waals surface area contributed by atoms with Gasteiger partial charge in [-0.25, -0.2) is 0 Å². The van der Waals surface area contributed by atoms with Crippen LogP contribution in [0, 0.1) is 0 Å². The molecular weight excluding hydrogens is 204 g/mol. The molecule has 1 aliphatic rings. The molecule has 0 radical (unpaired) electrons. The van der Waals surface area contributed by atoms with Gasteiger partial charge in [0.15, 0.2) is 0 Å². The maximum absolute atomic E-state index is 5.69. The van der Waals surface area contributed by atoms with Gasteiger partial charge in [0.05, 0.1) is 18.4 Å². The van der Waals surface area contributed by atoms with Crippen LogP contribution in [-0.2, 0) is 4.74 Å². The van der Waals surface area contributed by atoms with E-state index in [4.69, 9.17) is 4.74 Å². The third-order valence-electron chi connectivity index (χ3n) is 2.98. The minimum Gasteiger partial charge on any atom is -0.374 e. The van der Waals surface area contributed by atoms with Crippen molar-refractivity contribution in [3.05, 3.63) is 18.0 Å². The summed E-state index contributed by atoms with van der Waals surface area (Å²) in [5.41, 5.74) is 1.11. The van der Waals surface area contributed by atoms with Crippen LogP contribution in [-0.4, -0.2) is 54.5 Å². The minimum absolute atomic E-state index is 0.290. The van der Waals surface area contributed by atoms with Crippen LogP contribution in [0.1, 0.15) is 18.7 Å². The average Bonchev–Trinajstić information content (AvgIpc) is 2.79. The molecule has 0 aliphatic carbocycles. The lowest BCUT2D eigenvalue weighted by molar-refractivity contribution is -0.0191. The van der Waals surface area contributed by atoms with Crippen LogP contribution in [0.3, 0.4) is 0 Å². The van der Waals surface area contributed by atoms with E-state index in [-0.39, 0.29) is 0 Å². The van der Waals surface area contributed by atoms with Crippen LogP contribution in [0.5, 0.6) is 0 Å². The Morgan fingerprint density at radius 1 is 1.75 bits per heavy atom. The summed E-state index contributed by atoms with van der Waals surface area (Å²) >= 11 is 0. The second kappa shape index (κ2) is 5.43. The molecule has 0 spiro atoms. The van der Waals surface area contributed by atoms with E-state index in [2.05, 4.69) is 34.4 Å². The van der Waals surface area contributed by atoms with Gasteiger partial charge < -0.3 is 15.0 Å². The van der Waals surface area contributed by atoms with E-state index in [1.54, 1.807) is 6.20 Å². The summed E-state index contributed by atoms with van der Waals surface area (Å²) in [5, 5.41) is 10.4. The Hall–Kier alpha value is -0.910. The molecular formula is C11H20N4O. The fourth-order valence-corrected chi connectivity index (χ4v) is 1.92. The fourth-order valence-electron chi connectivity index (χ4n) is 1.92. The highest BCUT2D eigenvalue weighted by Gasteiger charge is 2.18. The number of H-pyrrole nitrogens is 1. The number of nitrogens with one attached hydrogen (secondary N) is 2. The van der Waals surface area contributed by atoms with Gasteiger partial charge in [-0.3, -0.25) is 5.10 Å². The van der Waals surface area contributed by atoms with E-state index in [0.717, 1.165) is 31.9 Å². The van der Waals surface area contributed by atoms with E-state index in [1.807, 2.05) is 6.07 Å². The second-order valence-electron chi connectivity index (χ2n) is 4.40. The Balaban J connectivity index is 1.74. The van der Waals surface area contributed by atoms with Crippen molar-refractivity contribution in [2.75, 3.05) is 33.3 Å². The molecule has 1 fully saturated rings. The first-order valence-corrected chi connectivity index (χ1v) is 5.78. The maximum Gasteiger partial charge on any atom is 0.0826 e. The Bertz CT molecular complexity index is 301. The summed E-state index contributed by atoms with van der Waals surface area (Å²) in [7, 11) is 2.13. The third-order valence-corrected chi connectivity index (χ3v) is 2.98. The van der Waals surface area contributed by atoms with E-state index in [1.165, 1.54) is 0 Å². The van der Waals surface area contributed by atoms with Crippen LogP contribution in [0.4, 0.5) is 0 Å². The number of nitrogens with zero attached hydrogens (tertiary/aromatic N) is 2. The number of likely N-dealkylation sites (N-methyl/N-ethyl adjacent to an activating group) is 1. The summed E-state index contributed by atoms with van der Waals surface area (Å²) < 4.78 is 5.69. The van der Waals surface area contributed by atoms with Crippen molar-refractivity contribution in [3.8, 4) is 0 Å². The Labute approximate surface area is 96.2 Å². The molecule has 1 aromatic heterocycles. The molecule has 16 heavy (non-hydrogen) atoms. The highest BCUT2D eigenvalue weighted by atomic mass is 16.5. The standard InChI is InChI=1S/C11H20N4O/c1-9(11-3-4-13-14-11)12-7-10-8-15(2)5-6-16-10/h3-4,9-10,12H,5-8H2,1-2H3,(H,13,14). The van der Waals surface area contributed by atoms with E-state index < -0.39 is 0 Å². The number of aromatic nitrogens is 2. The number of hydrogen-bond acceptors (Lipinski definition) is 4.